The molecule has 1 aromatic rings. The smallest absolute Gasteiger partial charge is 0.122 e. The van der Waals surface area contributed by atoms with Gasteiger partial charge in [-0.2, -0.15) is 0 Å². The molecule has 0 amide bonds. The molecule has 2 aliphatic heterocycles. The second-order valence-electron chi connectivity index (χ2n) is 5.59. The second-order valence-corrected chi connectivity index (χ2v) is 5.59. The number of nitrogens with two attached hydrogens (primary N) is 1. The van der Waals surface area contributed by atoms with Crippen molar-refractivity contribution in [2.75, 3.05) is 25.6 Å². The first-order valence-electron chi connectivity index (χ1n) is 6.91. The normalized spacial score (nSPS) is 30.7. The highest BCUT2D eigenvalue weighted by Gasteiger charge is 2.41. The SMILES string of the molecule is Cc1cc(N)ccc1OC1CCOC2(CCOC2)C1. The van der Waals surface area contributed by atoms with Crippen molar-refractivity contribution in [1.29, 1.82) is 0 Å². The number of anilines is 1. The van der Waals surface area contributed by atoms with Crippen LogP contribution in [-0.4, -0.2) is 31.5 Å². The maximum atomic E-state index is 6.14. The van der Waals surface area contributed by atoms with Crippen molar-refractivity contribution in [3.8, 4) is 5.75 Å². The highest BCUT2D eigenvalue weighted by atomic mass is 16.6. The lowest BCUT2D eigenvalue weighted by Crippen LogP contribution is -2.44. The van der Waals surface area contributed by atoms with Crippen LogP contribution in [0.4, 0.5) is 5.69 Å². The Balaban J connectivity index is 1.69. The van der Waals surface area contributed by atoms with Crippen molar-refractivity contribution in [3.05, 3.63) is 23.8 Å². The number of benzene rings is 1. The summed E-state index contributed by atoms with van der Waals surface area (Å²) in [4.78, 5) is 0. The fraction of sp³-hybridized carbons (Fsp3) is 0.600. The summed E-state index contributed by atoms with van der Waals surface area (Å²) in [6.07, 6.45) is 3.04. The van der Waals surface area contributed by atoms with Crippen molar-refractivity contribution < 1.29 is 14.2 Å². The fourth-order valence-corrected chi connectivity index (χ4v) is 2.93. The molecule has 104 valence electrons. The summed E-state index contributed by atoms with van der Waals surface area (Å²) in [6, 6.07) is 5.79. The summed E-state index contributed by atoms with van der Waals surface area (Å²) < 4.78 is 17.5. The average molecular weight is 263 g/mol. The molecule has 2 heterocycles. The summed E-state index contributed by atoms with van der Waals surface area (Å²) in [5.74, 6) is 0.926. The molecule has 2 fully saturated rings. The first-order chi connectivity index (χ1) is 9.17. The van der Waals surface area contributed by atoms with Gasteiger partial charge in [0, 0.05) is 31.6 Å². The highest BCUT2D eigenvalue weighted by molar-refractivity contribution is 5.47. The van der Waals surface area contributed by atoms with Gasteiger partial charge in [0.1, 0.15) is 11.9 Å². The lowest BCUT2D eigenvalue weighted by atomic mass is 9.91. The molecule has 0 radical (unpaired) electrons. The summed E-state index contributed by atoms with van der Waals surface area (Å²) in [5.41, 5.74) is 7.52. The second kappa shape index (κ2) is 5.02. The molecule has 4 heteroatoms. The Morgan fingerprint density at radius 2 is 2.26 bits per heavy atom. The molecule has 0 aromatic heterocycles. The molecule has 1 spiro atoms. The Kier molecular flexibility index (Phi) is 3.37. The molecule has 2 saturated heterocycles. The quantitative estimate of drug-likeness (QED) is 0.832. The van der Waals surface area contributed by atoms with Gasteiger partial charge in [-0.3, -0.25) is 0 Å². The van der Waals surface area contributed by atoms with Gasteiger partial charge in [-0.05, 0) is 30.7 Å². The van der Waals surface area contributed by atoms with E-state index in [1.807, 2.05) is 25.1 Å². The van der Waals surface area contributed by atoms with Gasteiger partial charge in [0.15, 0.2) is 0 Å². The molecule has 0 aliphatic carbocycles. The standard InChI is InChI=1S/C15H21NO3/c1-11-8-12(16)2-3-14(11)19-13-4-6-18-15(9-13)5-7-17-10-15/h2-3,8,13H,4-7,9-10,16H2,1H3. The van der Waals surface area contributed by atoms with Crippen LogP contribution in [0.15, 0.2) is 18.2 Å². The van der Waals surface area contributed by atoms with Crippen LogP contribution in [-0.2, 0) is 9.47 Å². The maximum absolute atomic E-state index is 6.14. The lowest BCUT2D eigenvalue weighted by Gasteiger charge is -2.37. The fourth-order valence-electron chi connectivity index (χ4n) is 2.93. The van der Waals surface area contributed by atoms with Crippen molar-refractivity contribution in [2.24, 2.45) is 0 Å². The van der Waals surface area contributed by atoms with E-state index < -0.39 is 0 Å². The summed E-state index contributed by atoms with van der Waals surface area (Å²) in [7, 11) is 0. The third kappa shape index (κ3) is 2.69. The Labute approximate surface area is 113 Å². The van der Waals surface area contributed by atoms with Crippen LogP contribution in [0.3, 0.4) is 0 Å². The Morgan fingerprint density at radius 1 is 1.37 bits per heavy atom. The van der Waals surface area contributed by atoms with Crippen LogP contribution >= 0.6 is 0 Å². The average Bonchev–Trinajstić information content (AvgIpc) is 2.81. The summed E-state index contributed by atoms with van der Waals surface area (Å²) >= 11 is 0. The molecule has 19 heavy (non-hydrogen) atoms. The van der Waals surface area contributed by atoms with Crippen molar-refractivity contribution >= 4 is 5.69 Å². The zero-order valence-electron chi connectivity index (χ0n) is 11.4. The van der Waals surface area contributed by atoms with Gasteiger partial charge in [-0.25, -0.2) is 0 Å². The molecule has 2 aliphatic rings. The predicted octanol–water partition coefficient (Wildman–Crippen LogP) is 2.29. The summed E-state index contributed by atoms with van der Waals surface area (Å²) in [5, 5.41) is 0. The van der Waals surface area contributed by atoms with E-state index in [1.165, 1.54) is 0 Å². The summed E-state index contributed by atoms with van der Waals surface area (Å²) in [6.45, 7) is 4.28. The van der Waals surface area contributed by atoms with Crippen LogP contribution in [0.1, 0.15) is 24.8 Å². The Bertz CT molecular complexity index is 455. The van der Waals surface area contributed by atoms with Crippen LogP contribution in [0.25, 0.3) is 0 Å². The molecule has 0 bridgehead atoms. The number of rotatable bonds is 2. The molecular formula is C15H21NO3. The minimum Gasteiger partial charge on any atom is -0.490 e. The van der Waals surface area contributed by atoms with Crippen LogP contribution < -0.4 is 10.5 Å². The van der Waals surface area contributed by atoms with E-state index in [2.05, 4.69) is 0 Å². The van der Waals surface area contributed by atoms with Gasteiger partial charge in [0.25, 0.3) is 0 Å². The van der Waals surface area contributed by atoms with Crippen molar-refractivity contribution in [2.45, 2.75) is 37.9 Å². The Morgan fingerprint density at radius 3 is 3.00 bits per heavy atom. The topological polar surface area (TPSA) is 53.7 Å². The molecule has 4 nitrogen and oxygen atoms in total. The third-order valence-corrected chi connectivity index (χ3v) is 4.01. The zero-order valence-corrected chi connectivity index (χ0v) is 11.4. The molecule has 2 N–H and O–H groups in total. The van der Waals surface area contributed by atoms with E-state index in [0.29, 0.717) is 6.61 Å². The van der Waals surface area contributed by atoms with E-state index in [1.54, 1.807) is 0 Å². The van der Waals surface area contributed by atoms with Gasteiger partial charge in [0.05, 0.1) is 18.8 Å². The molecule has 0 saturated carbocycles. The van der Waals surface area contributed by atoms with Crippen LogP contribution in [0.5, 0.6) is 5.75 Å². The molecular weight excluding hydrogens is 242 g/mol. The van der Waals surface area contributed by atoms with Crippen LogP contribution in [0, 0.1) is 6.92 Å². The molecule has 2 unspecified atom stereocenters. The number of aryl methyl sites for hydroxylation is 1. The molecule has 2 atom stereocenters. The number of ether oxygens (including phenoxy) is 3. The monoisotopic (exact) mass is 263 g/mol. The highest BCUT2D eigenvalue weighted by Crippen LogP contribution is 2.35. The minimum absolute atomic E-state index is 0.107. The number of nitrogen functional groups attached to an aromatic ring is 1. The number of hydrogen-bond donors (Lipinski definition) is 1. The molecule has 3 rings (SSSR count). The van der Waals surface area contributed by atoms with Crippen LogP contribution in [0.2, 0.25) is 0 Å². The van der Waals surface area contributed by atoms with Gasteiger partial charge >= 0.3 is 0 Å². The first-order valence-corrected chi connectivity index (χ1v) is 6.91. The Hall–Kier alpha value is -1.26. The van der Waals surface area contributed by atoms with Gasteiger partial charge < -0.3 is 19.9 Å². The lowest BCUT2D eigenvalue weighted by molar-refractivity contribution is -0.112. The predicted molar refractivity (Wildman–Crippen MR) is 73.4 cm³/mol. The first kappa shape index (κ1) is 12.8. The zero-order chi connectivity index (χ0) is 13.3. The van der Waals surface area contributed by atoms with E-state index >= 15 is 0 Å². The van der Waals surface area contributed by atoms with E-state index in [-0.39, 0.29) is 11.7 Å². The van der Waals surface area contributed by atoms with E-state index in [9.17, 15) is 0 Å². The minimum atomic E-state index is -0.107. The maximum Gasteiger partial charge on any atom is 0.122 e. The third-order valence-electron chi connectivity index (χ3n) is 4.01. The van der Waals surface area contributed by atoms with E-state index in [4.69, 9.17) is 19.9 Å². The van der Waals surface area contributed by atoms with Crippen molar-refractivity contribution in [3.63, 3.8) is 0 Å². The van der Waals surface area contributed by atoms with Gasteiger partial charge in [0.2, 0.25) is 0 Å². The van der Waals surface area contributed by atoms with E-state index in [0.717, 1.165) is 49.5 Å². The molecule has 1 aromatic carbocycles. The van der Waals surface area contributed by atoms with Crippen molar-refractivity contribution in [1.82, 2.24) is 0 Å². The van der Waals surface area contributed by atoms with Gasteiger partial charge in [-0.1, -0.05) is 0 Å². The van der Waals surface area contributed by atoms with Gasteiger partial charge in [-0.15, -0.1) is 0 Å². The largest absolute Gasteiger partial charge is 0.490 e. The number of hydrogen-bond acceptors (Lipinski definition) is 4.